The minimum Gasteiger partial charge on any atom is -0.316 e. The van der Waals surface area contributed by atoms with Gasteiger partial charge in [0.2, 0.25) is 0 Å². The van der Waals surface area contributed by atoms with Crippen molar-refractivity contribution in [2.45, 2.75) is 123 Å². The molecule has 0 spiro atoms. The van der Waals surface area contributed by atoms with Gasteiger partial charge in [0, 0.05) is 12.6 Å². The lowest BCUT2D eigenvalue weighted by Crippen LogP contribution is -2.49. The van der Waals surface area contributed by atoms with Gasteiger partial charge in [-0.2, -0.15) is 0 Å². The SMILES string of the molecule is CC1(C)CC(NCCC2CCCCC2)CC(C)(CNCCC2CCCCC2)C1. The summed E-state index contributed by atoms with van der Waals surface area (Å²) >= 11 is 0. The minimum absolute atomic E-state index is 0.455. The molecule has 164 valence electrons. The molecule has 2 N–H and O–H groups in total. The molecule has 3 saturated carbocycles. The molecule has 28 heavy (non-hydrogen) atoms. The van der Waals surface area contributed by atoms with Crippen molar-refractivity contribution in [1.29, 1.82) is 0 Å². The lowest BCUT2D eigenvalue weighted by molar-refractivity contribution is 0.0693. The van der Waals surface area contributed by atoms with E-state index in [0.717, 1.165) is 17.9 Å². The molecule has 0 aromatic heterocycles. The van der Waals surface area contributed by atoms with Gasteiger partial charge in [-0.1, -0.05) is 85.0 Å². The molecular weight excluding hydrogens is 340 g/mol. The maximum Gasteiger partial charge on any atom is 0.00778 e. The lowest BCUT2D eigenvalue weighted by atomic mass is 9.62. The molecule has 0 radical (unpaired) electrons. The molecule has 3 rings (SSSR count). The fraction of sp³-hybridized carbons (Fsp3) is 1.00. The Morgan fingerprint density at radius 1 is 0.714 bits per heavy atom. The Labute approximate surface area is 176 Å². The van der Waals surface area contributed by atoms with E-state index in [2.05, 4.69) is 31.4 Å². The van der Waals surface area contributed by atoms with E-state index in [1.807, 2.05) is 0 Å². The second-order valence-electron chi connectivity index (χ2n) is 12.0. The molecular formula is C26H50N2. The summed E-state index contributed by atoms with van der Waals surface area (Å²) in [5, 5.41) is 7.88. The van der Waals surface area contributed by atoms with E-state index < -0.39 is 0 Å². The summed E-state index contributed by atoms with van der Waals surface area (Å²) in [5.41, 5.74) is 0.928. The average molecular weight is 391 g/mol. The normalized spacial score (nSPS) is 32.5. The van der Waals surface area contributed by atoms with Gasteiger partial charge in [-0.05, 0) is 67.9 Å². The molecule has 0 amide bonds. The third kappa shape index (κ3) is 7.63. The zero-order chi connectivity index (χ0) is 19.9. The van der Waals surface area contributed by atoms with Gasteiger partial charge in [-0.3, -0.25) is 0 Å². The molecule has 0 heterocycles. The topological polar surface area (TPSA) is 24.1 Å². The molecule has 2 atom stereocenters. The lowest BCUT2D eigenvalue weighted by Gasteiger charge is -2.47. The van der Waals surface area contributed by atoms with Crippen LogP contribution in [0.2, 0.25) is 0 Å². The monoisotopic (exact) mass is 390 g/mol. The van der Waals surface area contributed by atoms with Crippen molar-refractivity contribution in [3.8, 4) is 0 Å². The van der Waals surface area contributed by atoms with Gasteiger partial charge in [0.05, 0.1) is 0 Å². The summed E-state index contributed by atoms with van der Waals surface area (Å²) in [6.45, 7) is 11.3. The number of nitrogens with one attached hydrogen (secondary N) is 2. The predicted octanol–water partition coefficient (Wildman–Crippen LogP) is 6.69. The van der Waals surface area contributed by atoms with E-state index in [0.29, 0.717) is 10.8 Å². The van der Waals surface area contributed by atoms with Gasteiger partial charge in [-0.15, -0.1) is 0 Å². The molecule has 0 aromatic rings. The second kappa shape index (κ2) is 10.8. The van der Waals surface area contributed by atoms with Crippen LogP contribution in [0.1, 0.15) is 117 Å². The van der Waals surface area contributed by atoms with Crippen molar-refractivity contribution in [3.63, 3.8) is 0 Å². The highest BCUT2D eigenvalue weighted by molar-refractivity contribution is 4.95. The molecule has 0 saturated heterocycles. The van der Waals surface area contributed by atoms with Gasteiger partial charge in [-0.25, -0.2) is 0 Å². The number of hydrogen-bond donors (Lipinski definition) is 2. The van der Waals surface area contributed by atoms with Crippen LogP contribution < -0.4 is 10.6 Å². The fourth-order valence-electron chi connectivity index (χ4n) is 7.05. The quantitative estimate of drug-likeness (QED) is 0.428. The second-order valence-corrected chi connectivity index (χ2v) is 12.0. The van der Waals surface area contributed by atoms with Crippen LogP contribution >= 0.6 is 0 Å². The highest BCUT2D eigenvalue weighted by atomic mass is 14.9. The first kappa shape index (κ1) is 22.6. The van der Waals surface area contributed by atoms with Crippen molar-refractivity contribution in [1.82, 2.24) is 10.6 Å². The highest BCUT2D eigenvalue weighted by Gasteiger charge is 2.40. The smallest absolute Gasteiger partial charge is 0.00778 e. The Balaban J connectivity index is 1.38. The Morgan fingerprint density at radius 2 is 1.29 bits per heavy atom. The molecule has 0 aromatic carbocycles. The Kier molecular flexibility index (Phi) is 8.72. The van der Waals surface area contributed by atoms with Gasteiger partial charge >= 0.3 is 0 Å². The van der Waals surface area contributed by atoms with Crippen LogP contribution in [-0.2, 0) is 0 Å². The molecule has 0 bridgehead atoms. The fourth-order valence-corrected chi connectivity index (χ4v) is 7.05. The van der Waals surface area contributed by atoms with E-state index in [1.54, 1.807) is 0 Å². The van der Waals surface area contributed by atoms with Crippen molar-refractivity contribution >= 4 is 0 Å². The number of hydrogen-bond acceptors (Lipinski definition) is 2. The molecule has 2 heteroatoms. The minimum atomic E-state index is 0.455. The maximum absolute atomic E-state index is 3.99. The first-order chi connectivity index (χ1) is 13.4. The molecule has 2 unspecified atom stereocenters. The van der Waals surface area contributed by atoms with Crippen molar-refractivity contribution in [2.75, 3.05) is 19.6 Å². The summed E-state index contributed by atoms with van der Waals surface area (Å²) in [4.78, 5) is 0. The van der Waals surface area contributed by atoms with E-state index in [1.165, 1.54) is 116 Å². The molecule has 3 aliphatic rings. The molecule has 2 nitrogen and oxygen atoms in total. The van der Waals surface area contributed by atoms with Gasteiger partial charge in [0.1, 0.15) is 0 Å². The van der Waals surface area contributed by atoms with Crippen molar-refractivity contribution in [2.24, 2.45) is 22.7 Å². The van der Waals surface area contributed by atoms with Crippen LogP contribution in [-0.4, -0.2) is 25.7 Å². The van der Waals surface area contributed by atoms with Gasteiger partial charge in [0.25, 0.3) is 0 Å². The van der Waals surface area contributed by atoms with Crippen molar-refractivity contribution < 1.29 is 0 Å². The van der Waals surface area contributed by atoms with Crippen molar-refractivity contribution in [3.05, 3.63) is 0 Å². The summed E-state index contributed by atoms with van der Waals surface area (Å²) in [7, 11) is 0. The van der Waals surface area contributed by atoms with E-state index in [4.69, 9.17) is 0 Å². The van der Waals surface area contributed by atoms with Crippen LogP contribution in [0.4, 0.5) is 0 Å². The Hall–Kier alpha value is -0.0800. The maximum atomic E-state index is 3.99. The Morgan fingerprint density at radius 3 is 1.89 bits per heavy atom. The summed E-state index contributed by atoms with van der Waals surface area (Å²) in [5.74, 6) is 2.01. The summed E-state index contributed by atoms with van der Waals surface area (Å²) in [6, 6.07) is 0.720. The standard InChI is InChI=1S/C26H50N2/c1-25(2)18-24(28-17-15-23-12-8-5-9-13-23)19-26(3,20-25)21-27-16-14-22-10-6-4-7-11-22/h22-24,27-28H,4-21H2,1-3H3. The zero-order valence-electron chi connectivity index (χ0n) is 19.5. The average Bonchev–Trinajstić information content (AvgIpc) is 2.65. The van der Waals surface area contributed by atoms with Gasteiger partial charge in [0.15, 0.2) is 0 Å². The third-order valence-electron chi connectivity index (χ3n) is 8.16. The molecule has 0 aliphatic heterocycles. The largest absolute Gasteiger partial charge is 0.316 e. The first-order valence-corrected chi connectivity index (χ1v) is 12.9. The Bertz CT molecular complexity index is 434. The third-order valence-corrected chi connectivity index (χ3v) is 8.16. The highest BCUT2D eigenvalue weighted by Crippen LogP contribution is 2.45. The summed E-state index contributed by atoms with van der Waals surface area (Å²) in [6.07, 6.45) is 21.7. The molecule has 3 aliphatic carbocycles. The van der Waals surface area contributed by atoms with Gasteiger partial charge < -0.3 is 10.6 Å². The first-order valence-electron chi connectivity index (χ1n) is 12.9. The summed E-state index contributed by atoms with van der Waals surface area (Å²) < 4.78 is 0. The van der Waals surface area contributed by atoms with Crippen LogP contribution in [0.15, 0.2) is 0 Å². The predicted molar refractivity (Wildman–Crippen MR) is 123 cm³/mol. The van der Waals surface area contributed by atoms with Crippen LogP contribution in [0.25, 0.3) is 0 Å². The zero-order valence-corrected chi connectivity index (χ0v) is 19.5. The van der Waals surface area contributed by atoms with E-state index in [-0.39, 0.29) is 0 Å². The molecule has 3 fully saturated rings. The van der Waals surface area contributed by atoms with E-state index >= 15 is 0 Å². The van der Waals surface area contributed by atoms with Crippen LogP contribution in [0.5, 0.6) is 0 Å². The number of rotatable bonds is 9. The van der Waals surface area contributed by atoms with Crippen LogP contribution in [0, 0.1) is 22.7 Å². The van der Waals surface area contributed by atoms with Crippen LogP contribution in [0.3, 0.4) is 0 Å². The van der Waals surface area contributed by atoms with E-state index in [9.17, 15) is 0 Å².